The maximum Gasteiger partial charge on any atom is 0.275 e. The summed E-state index contributed by atoms with van der Waals surface area (Å²) in [7, 11) is 1.53. The van der Waals surface area contributed by atoms with Crippen molar-refractivity contribution in [2.45, 2.75) is 19.8 Å². The molecule has 1 amide bonds. The van der Waals surface area contributed by atoms with Crippen LogP contribution < -0.4 is 10.1 Å². The van der Waals surface area contributed by atoms with E-state index in [1.165, 1.54) is 7.11 Å². The fourth-order valence-corrected chi connectivity index (χ4v) is 3.33. The van der Waals surface area contributed by atoms with Crippen molar-refractivity contribution in [3.05, 3.63) is 114 Å². The van der Waals surface area contributed by atoms with Crippen molar-refractivity contribution in [1.29, 1.82) is 0 Å². The van der Waals surface area contributed by atoms with Crippen molar-refractivity contribution in [2.75, 3.05) is 7.11 Å². The zero-order chi connectivity index (χ0) is 22.2. The van der Waals surface area contributed by atoms with Gasteiger partial charge in [-0.25, -0.2) is 4.68 Å². The maximum atomic E-state index is 12.8. The number of methoxy groups -OCH3 is 1. The van der Waals surface area contributed by atoms with Gasteiger partial charge in [-0.2, -0.15) is 5.10 Å². The van der Waals surface area contributed by atoms with Crippen LogP contribution in [0.4, 0.5) is 0 Å². The van der Waals surface area contributed by atoms with Gasteiger partial charge in [0.05, 0.1) is 32.2 Å². The molecule has 0 bridgehead atoms. The van der Waals surface area contributed by atoms with Gasteiger partial charge in [0, 0.05) is 6.54 Å². The van der Waals surface area contributed by atoms with Gasteiger partial charge in [0.2, 0.25) is 0 Å². The lowest BCUT2D eigenvalue weighted by Gasteiger charge is -2.08. The molecule has 32 heavy (non-hydrogen) atoms. The van der Waals surface area contributed by atoms with Crippen LogP contribution in [0.15, 0.2) is 91.1 Å². The zero-order valence-corrected chi connectivity index (χ0v) is 17.9. The lowest BCUT2D eigenvalue weighted by Crippen LogP contribution is -2.24. The molecule has 0 atom stereocenters. The van der Waals surface area contributed by atoms with Crippen LogP contribution in [0.25, 0.3) is 5.69 Å². The van der Waals surface area contributed by atoms with Gasteiger partial charge in [-0.15, -0.1) is 0 Å². The maximum absolute atomic E-state index is 12.8. The highest BCUT2D eigenvalue weighted by molar-refractivity contribution is 5.94. The Balaban J connectivity index is 1.36. The van der Waals surface area contributed by atoms with Crippen LogP contribution in [0.1, 0.15) is 27.2 Å². The summed E-state index contributed by atoms with van der Waals surface area (Å²) in [6, 6.07) is 27.7. The van der Waals surface area contributed by atoms with Crippen LogP contribution in [-0.2, 0) is 24.5 Å². The molecule has 6 nitrogen and oxygen atoms in total. The first-order valence-corrected chi connectivity index (χ1v) is 10.4. The Hall–Kier alpha value is -3.90. The lowest BCUT2D eigenvalue weighted by atomic mass is 10.1. The molecule has 0 spiro atoms. The van der Waals surface area contributed by atoms with Crippen molar-refractivity contribution >= 4 is 5.91 Å². The monoisotopic (exact) mass is 427 g/mol. The molecule has 1 heterocycles. The fourth-order valence-electron chi connectivity index (χ4n) is 3.33. The molecule has 0 saturated carbocycles. The lowest BCUT2D eigenvalue weighted by molar-refractivity contribution is 0.0942. The van der Waals surface area contributed by atoms with Gasteiger partial charge in [-0.05, 0) is 28.8 Å². The summed E-state index contributed by atoms with van der Waals surface area (Å²) in [6.07, 6.45) is 1.70. The second-order valence-electron chi connectivity index (χ2n) is 7.31. The minimum atomic E-state index is -0.290. The van der Waals surface area contributed by atoms with Crippen molar-refractivity contribution in [3.63, 3.8) is 0 Å². The number of amides is 1. The molecule has 4 aromatic rings. The number of ether oxygens (including phenoxy) is 2. The zero-order valence-electron chi connectivity index (χ0n) is 17.9. The van der Waals surface area contributed by atoms with E-state index < -0.39 is 0 Å². The Morgan fingerprint density at radius 3 is 2.28 bits per heavy atom. The van der Waals surface area contributed by atoms with Gasteiger partial charge < -0.3 is 14.8 Å². The molecule has 1 N–H and O–H groups in total. The third-order valence-corrected chi connectivity index (χ3v) is 4.96. The summed E-state index contributed by atoms with van der Waals surface area (Å²) in [5.74, 6) is 0.136. The first-order chi connectivity index (χ1) is 15.7. The van der Waals surface area contributed by atoms with Crippen LogP contribution in [0.2, 0.25) is 0 Å². The number of para-hydroxylation sites is 1. The molecule has 0 radical (unpaired) electrons. The number of hydrogen-bond donors (Lipinski definition) is 1. The van der Waals surface area contributed by atoms with E-state index in [9.17, 15) is 4.79 Å². The summed E-state index contributed by atoms with van der Waals surface area (Å²) < 4.78 is 12.8. The first kappa shape index (κ1) is 21.3. The first-order valence-electron chi connectivity index (χ1n) is 10.4. The molecule has 0 aliphatic heterocycles. The number of nitrogens with one attached hydrogen (secondary N) is 1. The van der Waals surface area contributed by atoms with Gasteiger partial charge in [-0.1, -0.05) is 72.8 Å². The molecule has 0 aliphatic rings. The molecule has 4 rings (SSSR count). The second kappa shape index (κ2) is 10.4. The molecular formula is C26H25N3O3. The van der Waals surface area contributed by atoms with E-state index in [0.29, 0.717) is 25.5 Å². The Morgan fingerprint density at radius 2 is 1.53 bits per heavy atom. The van der Waals surface area contributed by atoms with Crippen molar-refractivity contribution < 1.29 is 14.3 Å². The van der Waals surface area contributed by atoms with E-state index in [0.717, 1.165) is 22.4 Å². The highest BCUT2D eigenvalue weighted by Gasteiger charge is 2.18. The Morgan fingerprint density at radius 1 is 0.875 bits per heavy atom. The van der Waals surface area contributed by atoms with Crippen LogP contribution in [0.3, 0.4) is 0 Å². The average Bonchev–Trinajstić information content (AvgIpc) is 3.29. The minimum absolute atomic E-state index is 0.249. The molecule has 0 unspecified atom stereocenters. The smallest absolute Gasteiger partial charge is 0.275 e. The number of aromatic nitrogens is 2. The van der Waals surface area contributed by atoms with Gasteiger partial charge >= 0.3 is 0 Å². The Labute approximate surface area is 187 Å². The van der Waals surface area contributed by atoms with Crippen LogP contribution in [-0.4, -0.2) is 22.8 Å². The SMILES string of the molecule is COc1cn(-c2ccccc2)nc1C(=O)NCc1cccc(COCc2ccccc2)c1. The standard InChI is InChI=1S/C26H25N3O3/c1-31-24-17-29(23-13-6-3-7-14-23)28-25(24)26(30)27-16-21-11-8-12-22(15-21)19-32-18-20-9-4-2-5-10-20/h2-15,17H,16,18-19H2,1H3,(H,27,30). The molecule has 0 aliphatic carbocycles. The van der Waals surface area contributed by atoms with Crippen LogP contribution >= 0.6 is 0 Å². The number of nitrogens with zero attached hydrogens (tertiary/aromatic N) is 2. The summed E-state index contributed by atoms with van der Waals surface area (Å²) in [5.41, 5.74) is 4.28. The average molecular weight is 428 g/mol. The van der Waals surface area contributed by atoms with E-state index >= 15 is 0 Å². The summed E-state index contributed by atoms with van der Waals surface area (Å²) in [6.45, 7) is 1.45. The predicted octanol–water partition coefficient (Wildman–Crippen LogP) is 4.53. The van der Waals surface area contributed by atoms with Gasteiger partial charge in [-0.3, -0.25) is 4.79 Å². The molecule has 1 aromatic heterocycles. The second-order valence-corrected chi connectivity index (χ2v) is 7.31. The summed E-state index contributed by atoms with van der Waals surface area (Å²) in [5, 5.41) is 7.34. The number of benzene rings is 3. The quantitative estimate of drug-likeness (QED) is 0.426. The van der Waals surface area contributed by atoms with Crippen LogP contribution in [0, 0.1) is 0 Å². The predicted molar refractivity (Wildman–Crippen MR) is 123 cm³/mol. The molecular weight excluding hydrogens is 402 g/mol. The highest BCUT2D eigenvalue weighted by Crippen LogP contribution is 2.19. The summed E-state index contributed by atoms with van der Waals surface area (Å²) >= 11 is 0. The number of rotatable bonds is 9. The third kappa shape index (κ3) is 5.42. The number of carbonyl (C=O) groups excluding carboxylic acids is 1. The van der Waals surface area contributed by atoms with Gasteiger partial charge in [0.15, 0.2) is 11.4 Å². The molecule has 0 fully saturated rings. The Kier molecular flexibility index (Phi) is 6.94. The largest absolute Gasteiger partial charge is 0.493 e. The van der Waals surface area contributed by atoms with Crippen molar-refractivity contribution in [2.24, 2.45) is 0 Å². The topological polar surface area (TPSA) is 65.4 Å². The third-order valence-electron chi connectivity index (χ3n) is 4.96. The van der Waals surface area contributed by atoms with E-state index in [1.807, 2.05) is 84.9 Å². The van der Waals surface area contributed by atoms with E-state index in [-0.39, 0.29) is 11.6 Å². The number of hydrogen-bond acceptors (Lipinski definition) is 4. The van der Waals surface area contributed by atoms with Crippen molar-refractivity contribution in [3.8, 4) is 11.4 Å². The molecule has 162 valence electrons. The summed E-state index contributed by atoms with van der Waals surface area (Å²) in [4.78, 5) is 12.8. The minimum Gasteiger partial charge on any atom is -0.493 e. The van der Waals surface area contributed by atoms with Crippen LogP contribution in [0.5, 0.6) is 5.75 Å². The molecule has 3 aromatic carbocycles. The van der Waals surface area contributed by atoms with Gasteiger partial charge in [0.1, 0.15) is 0 Å². The number of carbonyl (C=O) groups is 1. The Bertz CT molecular complexity index is 1160. The van der Waals surface area contributed by atoms with Crippen molar-refractivity contribution in [1.82, 2.24) is 15.1 Å². The fraction of sp³-hybridized carbons (Fsp3) is 0.154. The normalized spacial score (nSPS) is 10.7. The van der Waals surface area contributed by atoms with E-state index in [2.05, 4.69) is 10.4 Å². The molecule has 0 saturated heterocycles. The highest BCUT2D eigenvalue weighted by atomic mass is 16.5. The van der Waals surface area contributed by atoms with Gasteiger partial charge in [0.25, 0.3) is 5.91 Å². The van der Waals surface area contributed by atoms with E-state index in [4.69, 9.17) is 9.47 Å². The molecule has 6 heteroatoms. The van der Waals surface area contributed by atoms with E-state index in [1.54, 1.807) is 10.9 Å².